The maximum absolute atomic E-state index is 12.3. The average molecular weight is 318 g/mol. The summed E-state index contributed by atoms with van der Waals surface area (Å²) in [5, 5.41) is 11.4. The fourth-order valence-corrected chi connectivity index (χ4v) is 2.76. The lowest BCUT2D eigenvalue weighted by Crippen LogP contribution is -2.31. The molecule has 112 valence electrons. The molecule has 0 aromatic heterocycles. The molecule has 2 N–H and O–H groups in total. The van der Waals surface area contributed by atoms with Gasteiger partial charge >= 0.3 is 0 Å². The summed E-state index contributed by atoms with van der Waals surface area (Å²) < 4.78 is 0. The van der Waals surface area contributed by atoms with Crippen molar-refractivity contribution in [1.82, 2.24) is 0 Å². The highest BCUT2D eigenvalue weighted by atomic mass is 35.5. The van der Waals surface area contributed by atoms with E-state index in [9.17, 15) is 14.9 Å². The number of carbonyl (C=O) groups is 1. The number of amides is 1. The summed E-state index contributed by atoms with van der Waals surface area (Å²) in [6.07, 6.45) is 0. The summed E-state index contributed by atoms with van der Waals surface area (Å²) >= 11 is 5.95. The van der Waals surface area contributed by atoms with Gasteiger partial charge in [0, 0.05) is 28.4 Å². The number of fused-ring (bicyclic) bond motifs is 1. The third-order valence-corrected chi connectivity index (χ3v) is 3.84. The van der Waals surface area contributed by atoms with Gasteiger partial charge in [0.25, 0.3) is 5.69 Å². The Morgan fingerprint density at radius 3 is 2.73 bits per heavy atom. The highest BCUT2D eigenvalue weighted by molar-refractivity contribution is 6.30. The van der Waals surface area contributed by atoms with Crippen LogP contribution in [-0.2, 0) is 11.3 Å². The molecular formula is C15H12ClN3O3. The molecule has 0 spiro atoms. The lowest BCUT2D eigenvalue weighted by atomic mass is 10.1. The predicted molar refractivity (Wildman–Crippen MR) is 82.7 cm³/mol. The summed E-state index contributed by atoms with van der Waals surface area (Å²) in [4.78, 5) is 24.2. The molecular weight excluding hydrogens is 306 g/mol. The fraction of sp³-hybridized carbons (Fsp3) is 0.133. The molecule has 0 saturated carbocycles. The second-order valence-corrected chi connectivity index (χ2v) is 5.47. The first kappa shape index (κ1) is 14.5. The van der Waals surface area contributed by atoms with Crippen LogP contribution in [0.5, 0.6) is 0 Å². The van der Waals surface area contributed by atoms with Gasteiger partial charge in [-0.05, 0) is 23.8 Å². The minimum atomic E-state index is -0.880. The molecule has 1 aliphatic heterocycles. The first-order valence-corrected chi connectivity index (χ1v) is 6.95. The molecule has 1 aliphatic rings. The molecule has 22 heavy (non-hydrogen) atoms. The molecule has 0 unspecified atom stereocenters. The van der Waals surface area contributed by atoms with E-state index in [1.807, 2.05) is 6.07 Å². The number of nitrogens with two attached hydrogens (primary N) is 1. The lowest BCUT2D eigenvalue weighted by molar-refractivity contribution is -0.384. The Balaban J connectivity index is 1.98. The van der Waals surface area contributed by atoms with Gasteiger partial charge in [0.05, 0.1) is 11.5 Å². The molecule has 1 atom stereocenters. The molecule has 1 amide bonds. The molecule has 0 radical (unpaired) electrons. The van der Waals surface area contributed by atoms with Crippen LogP contribution in [-0.4, -0.2) is 10.8 Å². The van der Waals surface area contributed by atoms with E-state index in [1.54, 1.807) is 24.3 Å². The summed E-state index contributed by atoms with van der Waals surface area (Å²) in [5.74, 6) is -0.282. The average Bonchev–Trinajstić information content (AvgIpc) is 2.72. The topological polar surface area (TPSA) is 89.5 Å². The van der Waals surface area contributed by atoms with Gasteiger partial charge in [0.2, 0.25) is 5.91 Å². The number of non-ortho nitro benzene ring substituents is 1. The number of hydrogen-bond donors (Lipinski definition) is 1. The quantitative estimate of drug-likeness (QED) is 0.696. The maximum Gasteiger partial charge on any atom is 0.269 e. The van der Waals surface area contributed by atoms with E-state index in [4.69, 9.17) is 17.3 Å². The number of anilines is 1. The van der Waals surface area contributed by atoms with Gasteiger partial charge in [-0.15, -0.1) is 0 Å². The first-order valence-electron chi connectivity index (χ1n) is 6.57. The molecule has 2 aromatic carbocycles. The minimum absolute atomic E-state index is 0.0772. The summed E-state index contributed by atoms with van der Waals surface area (Å²) in [7, 11) is 0. The standard InChI is InChI=1S/C15H12ClN3O3/c16-10-3-1-2-9(6-10)8-18-13-5-4-11(19(21)22)7-12(13)14(17)15(18)20/h1-7,14H,8,17H2/t14-/m1/s1. The Bertz CT molecular complexity index is 778. The van der Waals surface area contributed by atoms with E-state index in [1.165, 1.54) is 17.0 Å². The zero-order valence-electron chi connectivity index (χ0n) is 11.4. The van der Waals surface area contributed by atoms with Crippen LogP contribution in [0.2, 0.25) is 5.02 Å². The van der Waals surface area contributed by atoms with Crippen LogP contribution < -0.4 is 10.6 Å². The number of halogens is 1. The van der Waals surface area contributed by atoms with E-state index < -0.39 is 11.0 Å². The summed E-state index contributed by atoms with van der Waals surface area (Å²) in [6.45, 7) is 0.317. The van der Waals surface area contributed by atoms with Crippen molar-refractivity contribution in [3.05, 3.63) is 68.7 Å². The summed E-state index contributed by atoms with van der Waals surface area (Å²) in [5.41, 5.74) is 7.75. The van der Waals surface area contributed by atoms with E-state index >= 15 is 0 Å². The van der Waals surface area contributed by atoms with Crippen LogP contribution in [0.3, 0.4) is 0 Å². The van der Waals surface area contributed by atoms with Crippen molar-refractivity contribution >= 4 is 28.9 Å². The third-order valence-electron chi connectivity index (χ3n) is 3.61. The van der Waals surface area contributed by atoms with E-state index in [2.05, 4.69) is 0 Å². The van der Waals surface area contributed by atoms with Crippen molar-refractivity contribution in [2.75, 3.05) is 4.90 Å². The number of nitro groups is 1. The zero-order chi connectivity index (χ0) is 15.9. The largest absolute Gasteiger partial charge is 0.316 e. The molecule has 7 heteroatoms. The van der Waals surface area contributed by atoms with Crippen LogP contribution in [0.15, 0.2) is 42.5 Å². The van der Waals surface area contributed by atoms with E-state index in [0.29, 0.717) is 22.8 Å². The van der Waals surface area contributed by atoms with Crippen molar-refractivity contribution in [1.29, 1.82) is 0 Å². The lowest BCUT2D eigenvalue weighted by Gasteiger charge is -2.17. The van der Waals surface area contributed by atoms with Gasteiger partial charge in [0.15, 0.2) is 0 Å². The fourth-order valence-electron chi connectivity index (χ4n) is 2.55. The number of nitro benzene ring substituents is 1. The van der Waals surface area contributed by atoms with Gasteiger partial charge in [-0.2, -0.15) is 0 Å². The Morgan fingerprint density at radius 2 is 2.05 bits per heavy atom. The Morgan fingerprint density at radius 1 is 1.27 bits per heavy atom. The number of hydrogen-bond acceptors (Lipinski definition) is 4. The van der Waals surface area contributed by atoms with Gasteiger partial charge < -0.3 is 10.6 Å². The molecule has 0 saturated heterocycles. The second-order valence-electron chi connectivity index (χ2n) is 5.03. The molecule has 0 fully saturated rings. The highest BCUT2D eigenvalue weighted by Crippen LogP contribution is 2.37. The van der Waals surface area contributed by atoms with Gasteiger partial charge in [-0.25, -0.2) is 0 Å². The van der Waals surface area contributed by atoms with Gasteiger partial charge in [-0.1, -0.05) is 23.7 Å². The zero-order valence-corrected chi connectivity index (χ0v) is 12.2. The van der Waals surface area contributed by atoms with E-state index in [-0.39, 0.29) is 11.6 Å². The van der Waals surface area contributed by atoms with Crippen molar-refractivity contribution in [3.8, 4) is 0 Å². The van der Waals surface area contributed by atoms with Crippen LogP contribution >= 0.6 is 11.6 Å². The maximum atomic E-state index is 12.3. The summed E-state index contributed by atoms with van der Waals surface area (Å²) in [6, 6.07) is 10.6. The highest BCUT2D eigenvalue weighted by Gasteiger charge is 2.35. The number of benzene rings is 2. The normalized spacial score (nSPS) is 16.7. The molecule has 6 nitrogen and oxygen atoms in total. The van der Waals surface area contributed by atoms with Gasteiger partial charge in [-0.3, -0.25) is 14.9 Å². The molecule has 3 rings (SSSR count). The second kappa shape index (κ2) is 5.40. The number of nitrogens with zero attached hydrogens (tertiary/aromatic N) is 2. The predicted octanol–water partition coefficient (Wildman–Crippen LogP) is 2.79. The molecule has 1 heterocycles. The van der Waals surface area contributed by atoms with Gasteiger partial charge in [0.1, 0.15) is 6.04 Å². The van der Waals surface area contributed by atoms with Crippen LogP contribution in [0, 0.1) is 10.1 Å². The third kappa shape index (κ3) is 2.43. The molecule has 2 aromatic rings. The van der Waals surface area contributed by atoms with Crippen molar-refractivity contribution in [3.63, 3.8) is 0 Å². The van der Waals surface area contributed by atoms with E-state index in [0.717, 1.165) is 5.56 Å². The molecule has 0 aliphatic carbocycles. The molecule has 0 bridgehead atoms. The van der Waals surface area contributed by atoms with Crippen molar-refractivity contribution in [2.45, 2.75) is 12.6 Å². The minimum Gasteiger partial charge on any atom is -0.316 e. The monoisotopic (exact) mass is 317 g/mol. The Labute approximate surface area is 131 Å². The van der Waals surface area contributed by atoms with Crippen LogP contribution in [0.4, 0.5) is 11.4 Å². The van der Waals surface area contributed by atoms with Crippen LogP contribution in [0.1, 0.15) is 17.2 Å². The van der Waals surface area contributed by atoms with Crippen molar-refractivity contribution < 1.29 is 9.72 Å². The SMILES string of the molecule is N[C@H]1C(=O)N(Cc2cccc(Cl)c2)c2ccc([N+](=O)[O-])cc21. The first-order chi connectivity index (χ1) is 10.5. The number of carbonyl (C=O) groups excluding carboxylic acids is 1. The smallest absolute Gasteiger partial charge is 0.269 e. The van der Waals surface area contributed by atoms with Crippen molar-refractivity contribution in [2.24, 2.45) is 5.73 Å². The number of rotatable bonds is 3. The van der Waals surface area contributed by atoms with Crippen LogP contribution in [0.25, 0.3) is 0 Å². The Kier molecular flexibility index (Phi) is 3.56. The Hall–Kier alpha value is -2.44.